The monoisotopic (exact) mass is 268 g/mol. The molecule has 0 aliphatic carbocycles. The first kappa shape index (κ1) is 17.8. The molecule has 0 bridgehead atoms. The predicted octanol–water partition coefficient (Wildman–Crippen LogP) is 4.24. The Labute approximate surface area is 117 Å². The molecule has 0 aromatic heterocycles. The van der Waals surface area contributed by atoms with Crippen LogP contribution in [0, 0.1) is 5.41 Å². The number of esters is 1. The van der Waals surface area contributed by atoms with E-state index in [1.165, 1.54) is 0 Å². The lowest BCUT2D eigenvalue weighted by Gasteiger charge is -2.18. The van der Waals surface area contributed by atoms with Crippen molar-refractivity contribution in [2.45, 2.75) is 54.4 Å². The fraction of sp³-hybridized carbons (Fsp3) is 0.688. The molecule has 0 spiro atoms. The molecule has 0 amide bonds. The van der Waals surface area contributed by atoms with Crippen LogP contribution in [0.1, 0.15) is 54.4 Å². The van der Waals surface area contributed by atoms with Gasteiger partial charge in [-0.2, -0.15) is 0 Å². The second-order valence-electron chi connectivity index (χ2n) is 5.43. The van der Waals surface area contributed by atoms with Crippen LogP contribution in [-0.4, -0.2) is 19.2 Å². The van der Waals surface area contributed by atoms with Crippen LogP contribution in [0.25, 0.3) is 0 Å². The third-order valence-electron chi connectivity index (χ3n) is 2.26. The number of carbonyl (C=O) groups excluding carboxylic acids is 1. The zero-order valence-electron chi connectivity index (χ0n) is 13.2. The molecule has 0 heterocycles. The summed E-state index contributed by atoms with van der Waals surface area (Å²) in [5.41, 5.74) is 0.489. The van der Waals surface area contributed by atoms with Crippen molar-refractivity contribution in [3.63, 3.8) is 0 Å². The molecule has 3 heteroatoms. The number of ether oxygens (including phenoxy) is 2. The summed E-state index contributed by atoms with van der Waals surface area (Å²) in [7, 11) is 0. The van der Waals surface area contributed by atoms with E-state index in [1.54, 1.807) is 0 Å². The molecule has 0 atom stereocenters. The minimum Gasteiger partial charge on any atom is -0.493 e. The molecular formula is C16H28O3. The van der Waals surface area contributed by atoms with Gasteiger partial charge in [-0.25, -0.2) is 4.79 Å². The van der Waals surface area contributed by atoms with Gasteiger partial charge in [0.15, 0.2) is 0 Å². The fourth-order valence-electron chi connectivity index (χ4n) is 1.53. The largest absolute Gasteiger partial charge is 0.493 e. The number of unbranched alkanes of at least 4 members (excludes halogenated alkanes) is 1. The molecule has 0 radical (unpaired) electrons. The van der Waals surface area contributed by atoms with Gasteiger partial charge in [-0.3, -0.25) is 0 Å². The molecule has 0 aliphatic heterocycles. The Bertz CT molecular complexity index is 332. The third-order valence-corrected chi connectivity index (χ3v) is 2.26. The summed E-state index contributed by atoms with van der Waals surface area (Å²) >= 11 is 0. The van der Waals surface area contributed by atoms with Crippen molar-refractivity contribution in [3.8, 4) is 0 Å². The zero-order chi connectivity index (χ0) is 14.9. The van der Waals surface area contributed by atoms with Crippen LogP contribution in [0.3, 0.4) is 0 Å². The van der Waals surface area contributed by atoms with Crippen LogP contribution < -0.4 is 0 Å². The van der Waals surface area contributed by atoms with Crippen molar-refractivity contribution in [2.75, 3.05) is 13.2 Å². The summed E-state index contributed by atoms with van der Waals surface area (Å²) in [5, 5.41) is 0. The van der Waals surface area contributed by atoms with E-state index < -0.39 is 0 Å². The highest BCUT2D eigenvalue weighted by molar-refractivity contribution is 5.92. The number of carbonyl (C=O) groups is 1. The van der Waals surface area contributed by atoms with Gasteiger partial charge in [0, 0.05) is 0 Å². The lowest BCUT2D eigenvalue weighted by Crippen LogP contribution is -2.14. The zero-order valence-corrected chi connectivity index (χ0v) is 13.2. The Kier molecular flexibility index (Phi) is 8.21. The average Bonchev–Trinajstić information content (AvgIpc) is 2.28. The van der Waals surface area contributed by atoms with E-state index in [0.29, 0.717) is 24.5 Å². The van der Waals surface area contributed by atoms with Gasteiger partial charge >= 0.3 is 5.97 Å². The highest BCUT2D eigenvalue weighted by Crippen LogP contribution is 2.24. The van der Waals surface area contributed by atoms with Crippen LogP contribution in [0.2, 0.25) is 0 Å². The summed E-state index contributed by atoms with van der Waals surface area (Å²) in [6.45, 7) is 12.9. The Morgan fingerprint density at radius 2 is 1.63 bits per heavy atom. The normalized spacial score (nSPS) is 13.4. The quantitative estimate of drug-likeness (QED) is 0.300. The lowest BCUT2D eigenvalue weighted by atomic mass is 9.94. The van der Waals surface area contributed by atoms with Gasteiger partial charge < -0.3 is 9.47 Å². The first-order valence-corrected chi connectivity index (χ1v) is 7.09. The molecule has 0 N–H and O–H groups in total. The Hall–Kier alpha value is -1.25. The smallest absolute Gasteiger partial charge is 0.341 e. The second kappa shape index (κ2) is 8.78. The molecule has 0 aromatic rings. The lowest BCUT2D eigenvalue weighted by molar-refractivity contribution is -0.138. The Balaban J connectivity index is 5.37. The molecule has 0 fully saturated rings. The van der Waals surface area contributed by atoms with E-state index in [0.717, 1.165) is 12.8 Å². The van der Waals surface area contributed by atoms with E-state index in [1.807, 2.05) is 26.0 Å². The molecule has 0 aliphatic rings. The van der Waals surface area contributed by atoms with E-state index >= 15 is 0 Å². The molecule has 0 aromatic carbocycles. The highest BCUT2D eigenvalue weighted by Gasteiger charge is 2.19. The first-order chi connectivity index (χ1) is 8.85. The fourth-order valence-corrected chi connectivity index (χ4v) is 1.53. The number of hydrogen-bond donors (Lipinski definition) is 0. The minimum absolute atomic E-state index is 0.0533. The van der Waals surface area contributed by atoms with Crippen molar-refractivity contribution in [3.05, 3.63) is 23.5 Å². The van der Waals surface area contributed by atoms with Gasteiger partial charge in [0.25, 0.3) is 0 Å². The molecular weight excluding hydrogens is 240 g/mol. The predicted molar refractivity (Wildman–Crippen MR) is 78.8 cm³/mol. The highest BCUT2D eigenvalue weighted by atomic mass is 16.5. The van der Waals surface area contributed by atoms with E-state index in [-0.39, 0.29) is 11.4 Å². The van der Waals surface area contributed by atoms with E-state index in [2.05, 4.69) is 27.7 Å². The van der Waals surface area contributed by atoms with Crippen LogP contribution in [-0.2, 0) is 14.3 Å². The summed E-state index contributed by atoms with van der Waals surface area (Å²) in [4.78, 5) is 12.0. The average molecular weight is 268 g/mol. The number of allylic oxidation sites excluding steroid dienone is 2. The molecule has 0 saturated carbocycles. The van der Waals surface area contributed by atoms with Gasteiger partial charge in [-0.05, 0) is 31.8 Å². The first-order valence-electron chi connectivity index (χ1n) is 7.09. The maximum atomic E-state index is 12.0. The Morgan fingerprint density at radius 3 is 2.05 bits per heavy atom. The van der Waals surface area contributed by atoms with Crippen LogP contribution in [0.5, 0.6) is 0 Å². The van der Waals surface area contributed by atoms with Crippen LogP contribution >= 0.6 is 0 Å². The number of rotatable bonds is 7. The Morgan fingerprint density at radius 1 is 1.05 bits per heavy atom. The topological polar surface area (TPSA) is 35.5 Å². The summed E-state index contributed by atoms with van der Waals surface area (Å²) in [5.74, 6) is 0.321. The maximum Gasteiger partial charge on any atom is 0.341 e. The molecule has 0 saturated heterocycles. The third kappa shape index (κ3) is 7.70. The van der Waals surface area contributed by atoms with Crippen molar-refractivity contribution in [1.29, 1.82) is 0 Å². The summed E-state index contributed by atoms with van der Waals surface area (Å²) in [6.07, 6.45) is 5.71. The number of hydrogen-bond acceptors (Lipinski definition) is 3. The summed E-state index contributed by atoms with van der Waals surface area (Å²) in [6, 6.07) is 0. The second-order valence-corrected chi connectivity index (χ2v) is 5.43. The van der Waals surface area contributed by atoms with Gasteiger partial charge in [-0.1, -0.05) is 40.2 Å². The molecule has 0 unspecified atom stereocenters. The standard InChI is InChI=1S/C16H28O3/c1-7-10-11-13(15(17)19-9-3)14(18-8-2)12-16(4,5)6/h11-12H,7-10H2,1-6H3/b13-11+,14-12+. The SMILES string of the molecule is CCC/C=C(C(=O)OCC)\C(=C/C(C)(C)C)OCC. The summed E-state index contributed by atoms with van der Waals surface area (Å²) < 4.78 is 10.8. The molecule has 3 nitrogen and oxygen atoms in total. The van der Waals surface area contributed by atoms with E-state index in [9.17, 15) is 4.79 Å². The van der Waals surface area contributed by atoms with Gasteiger partial charge in [0.1, 0.15) is 5.76 Å². The van der Waals surface area contributed by atoms with Crippen LogP contribution in [0.4, 0.5) is 0 Å². The maximum absolute atomic E-state index is 12.0. The molecule has 110 valence electrons. The van der Waals surface area contributed by atoms with Gasteiger partial charge in [0.05, 0.1) is 18.8 Å². The van der Waals surface area contributed by atoms with Gasteiger partial charge in [-0.15, -0.1) is 0 Å². The minimum atomic E-state index is -0.306. The van der Waals surface area contributed by atoms with Crippen LogP contribution in [0.15, 0.2) is 23.5 Å². The van der Waals surface area contributed by atoms with Crippen molar-refractivity contribution in [1.82, 2.24) is 0 Å². The van der Waals surface area contributed by atoms with Crippen molar-refractivity contribution in [2.24, 2.45) is 5.41 Å². The molecule has 0 rings (SSSR count). The van der Waals surface area contributed by atoms with Crippen molar-refractivity contribution >= 4 is 5.97 Å². The van der Waals surface area contributed by atoms with E-state index in [4.69, 9.17) is 9.47 Å². The van der Waals surface area contributed by atoms with Crippen molar-refractivity contribution < 1.29 is 14.3 Å². The van der Waals surface area contributed by atoms with Gasteiger partial charge in [0.2, 0.25) is 0 Å². The molecule has 19 heavy (non-hydrogen) atoms.